The topological polar surface area (TPSA) is 61.9 Å². The molecular formula is C14H21N3O. The molecule has 2 atom stereocenters. The lowest BCUT2D eigenvalue weighted by molar-refractivity contribution is 0.318. The lowest BCUT2D eigenvalue weighted by Crippen LogP contribution is -2.25. The second kappa shape index (κ2) is 4.88. The number of nitrogens with zero attached hydrogens (tertiary/aromatic N) is 2. The third-order valence-electron chi connectivity index (χ3n) is 3.73. The number of anilines is 1. The van der Waals surface area contributed by atoms with Gasteiger partial charge >= 0.3 is 0 Å². The van der Waals surface area contributed by atoms with Crippen molar-refractivity contribution in [3.05, 3.63) is 29.3 Å². The van der Waals surface area contributed by atoms with E-state index in [0.717, 1.165) is 29.6 Å². The van der Waals surface area contributed by atoms with E-state index in [1.165, 1.54) is 12.0 Å². The zero-order chi connectivity index (χ0) is 13.3. The first-order valence-corrected chi connectivity index (χ1v) is 6.32. The van der Waals surface area contributed by atoms with E-state index in [0.29, 0.717) is 0 Å². The molecule has 18 heavy (non-hydrogen) atoms. The molecule has 0 bridgehead atoms. The number of benzene rings is 1. The van der Waals surface area contributed by atoms with Crippen molar-refractivity contribution in [3.63, 3.8) is 0 Å². The third-order valence-corrected chi connectivity index (χ3v) is 3.73. The van der Waals surface area contributed by atoms with Crippen LogP contribution in [0, 0.1) is 18.8 Å². The first-order valence-electron chi connectivity index (χ1n) is 6.32. The van der Waals surface area contributed by atoms with Gasteiger partial charge in [0.15, 0.2) is 5.84 Å². The number of hydrogen-bond acceptors (Lipinski definition) is 3. The van der Waals surface area contributed by atoms with Gasteiger partial charge in [-0.3, -0.25) is 0 Å². The Hall–Kier alpha value is -1.71. The summed E-state index contributed by atoms with van der Waals surface area (Å²) in [6.45, 7) is 5.35. The van der Waals surface area contributed by atoms with Gasteiger partial charge in [0.25, 0.3) is 0 Å². The summed E-state index contributed by atoms with van der Waals surface area (Å²) in [5.74, 6) is 1.76. The second-order valence-electron chi connectivity index (χ2n) is 5.36. The second-order valence-corrected chi connectivity index (χ2v) is 5.36. The Morgan fingerprint density at radius 1 is 1.56 bits per heavy atom. The molecule has 1 aliphatic rings. The summed E-state index contributed by atoms with van der Waals surface area (Å²) in [7, 11) is 2.06. The van der Waals surface area contributed by atoms with Crippen LogP contribution in [0.3, 0.4) is 0 Å². The van der Waals surface area contributed by atoms with E-state index >= 15 is 0 Å². The molecule has 1 fully saturated rings. The minimum Gasteiger partial charge on any atom is -0.409 e. The maximum absolute atomic E-state index is 8.84. The van der Waals surface area contributed by atoms with E-state index in [1.54, 1.807) is 0 Å². The molecule has 0 heterocycles. The maximum Gasteiger partial charge on any atom is 0.172 e. The molecule has 3 N–H and O–H groups in total. The molecule has 1 saturated carbocycles. The van der Waals surface area contributed by atoms with Crippen molar-refractivity contribution in [2.75, 3.05) is 18.5 Å². The molecule has 0 aliphatic heterocycles. The fourth-order valence-corrected chi connectivity index (χ4v) is 2.33. The molecule has 0 radical (unpaired) electrons. The van der Waals surface area contributed by atoms with Crippen molar-refractivity contribution in [2.24, 2.45) is 22.7 Å². The van der Waals surface area contributed by atoms with Crippen LogP contribution in [-0.4, -0.2) is 24.6 Å². The molecule has 2 unspecified atom stereocenters. The standard InChI is InChI=1S/C14H21N3O/c1-9-4-5-12(14(15)16-18)13(6-9)17(3)8-11-7-10(11)2/h4-6,10-11,18H,7-8H2,1-3H3,(H2,15,16). The molecule has 1 aromatic rings. The number of amidine groups is 1. The van der Waals surface area contributed by atoms with Gasteiger partial charge < -0.3 is 15.8 Å². The summed E-state index contributed by atoms with van der Waals surface area (Å²) >= 11 is 0. The molecule has 0 saturated heterocycles. The SMILES string of the molecule is Cc1ccc(C(N)=NO)c(N(C)CC2CC2C)c1. The van der Waals surface area contributed by atoms with Crippen LogP contribution in [0.2, 0.25) is 0 Å². The van der Waals surface area contributed by atoms with Crippen molar-refractivity contribution in [1.82, 2.24) is 0 Å². The molecule has 2 rings (SSSR count). The normalized spacial score (nSPS) is 22.9. The highest BCUT2D eigenvalue weighted by atomic mass is 16.4. The van der Waals surface area contributed by atoms with Crippen LogP contribution in [-0.2, 0) is 0 Å². The number of hydrogen-bond donors (Lipinski definition) is 2. The fraction of sp³-hybridized carbons (Fsp3) is 0.500. The molecule has 4 nitrogen and oxygen atoms in total. The third kappa shape index (κ3) is 2.58. The van der Waals surface area contributed by atoms with Crippen LogP contribution in [0.1, 0.15) is 24.5 Å². The Kier molecular flexibility index (Phi) is 3.45. The average molecular weight is 247 g/mol. The molecular weight excluding hydrogens is 226 g/mol. The summed E-state index contributed by atoms with van der Waals surface area (Å²) in [5.41, 5.74) is 8.73. The number of rotatable bonds is 4. The summed E-state index contributed by atoms with van der Waals surface area (Å²) in [6, 6.07) is 5.97. The fourth-order valence-electron chi connectivity index (χ4n) is 2.33. The van der Waals surface area contributed by atoms with Crippen molar-refractivity contribution in [1.29, 1.82) is 0 Å². The lowest BCUT2D eigenvalue weighted by atomic mass is 10.1. The van der Waals surface area contributed by atoms with E-state index in [4.69, 9.17) is 10.9 Å². The zero-order valence-corrected chi connectivity index (χ0v) is 11.2. The minimum absolute atomic E-state index is 0.167. The van der Waals surface area contributed by atoms with Crippen LogP contribution in [0.4, 0.5) is 5.69 Å². The molecule has 4 heteroatoms. The van der Waals surface area contributed by atoms with Crippen molar-refractivity contribution < 1.29 is 5.21 Å². The zero-order valence-electron chi connectivity index (χ0n) is 11.2. The van der Waals surface area contributed by atoms with Crippen LogP contribution >= 0.6 is 0 Å². The Morgan fingerprint density at radius 3 is 2.78 bits per heavy atom. The Balaban J connectivity index is 2.26. The van der Waals surface area contributed by atoms with Crippen LogP contribution in [0.15, 0.2) is 23.4 Å². The molecule has 0 aromatic heterocycles. The van der Waals surface area contributed by atoms with Crippen molar-refractivity contribution >= 4 is 11.5 Å². The van der Waals surface area contributed by atoms with Gasteiger partial charge in [0, 0.05) is 24.8 Å². The highest BCUT2D eigenvalue weighted by molar-refractivity contribution is 6.02. The highest BCUT2D eigenvalue weighted by Crippen LogP contribution is 2.39. The first-order chi connectivity index (χ1) is 8.52. The Bertz CT molecular complexity index is 470. The number of nitrogens with two attached hydrogens (primary N) is 1. The molecule has 1 aliphatic carbocycles. The minimum atomic E-state index is 0.167. The van der Waals surface area contributed by atoms with Gasteiger partial charge in [-0.05, 0) is 42.9 Å². The van der Waals surface area contributed by atoms with Crippen molar-refractivity contribution in [3.8, 4) is 0 Å². The first kappa shape index (κ1) is 12.7. The largest absolute Gasteiger partial charge is 0.409 e. The van der Waals surface area contributed by atoms with E-state index in [1.807, 2.05) is 19.1 Å². The van der Waals surface area contributed by atoms with Gasteiger partial charge in [-0.1, -0.05) is 18.1 Å². The van der Waals surface area contributed by atoms with E-state index in [2.05, 4.69) is 30.1 Å². The van der Waals surface area contributed by atoms with E-state index < -0.39 is 0 Å². The predicted molar refractivity (Wildman–Crippen MR) is 74.2 cm³/mol. The summed E-state index contributed by atoms with van der Waals surface area (Å²) in [4.78, 5) is 2.20. The van der Waals surface area contributed by atoms with Gasteiger partial charge in [0.05, 0.1) is 0 Å². The van der Waals surface area contributed by atoms with Gasteiger partial charge in [0.2, 0.25) is 0 Å². The quantitative estimate of drug-likeness (QED) is 0.371. The van der Waals surface area contributed by atoms with Crippen LogP contribution in [0.5, 0.6) is 0 Å². The van der Waals surface area contributed by atoms with Gasteiger partial charge in [-0.15, -0.1) is 0 Å². The van der Waals surface area contributed by atoms with Gasteiger partial charge in [0.1, 0.15) is 0 Å². The van der Waals surface area contributed by atoms with Crippen LogP contribution < -0.4 is 10.6 Å². The maximum atomic E-state index is 8.84. The van der Waals surface area contributed by atoms with E-state index in [-0.39, 0.29) is 5.84 Å². The highest BCUT2D eigenvalue weighted by Gasteiger charge is 2.33. The van der Waals surface area contributed by atoms with Gasteiger partial charge in [-0.2, -0.15) is 0 Å². The molecule has 1 aromatic carbocycles. The summed E-state index contributed by atoms with van der Waals surface area (Å²) in [5, 5.41) is 12.0. The van der Waals surface area contributed by atoms with Gasteiger partial charge in [-0.25, -0.2) is 0 Å². The summed E-state index contributed by atoms with van der Waals surface area (Å²) in [6.07, 6.45) is 1.30. The molecule has 98 valence electrons. The predicted octanol–water partition coefficient (Wildman–Crippen LogP) is 2.18. The van der Waals surface area contributed by atoms with Crippen LogP contribution in [0.25, 0.3) is 0 Å². The Morgan fingerprint density at radius 2 is 2.22 bits per heavy atom. The summed E-state index contributed by atoms with van der Waals surface area (Å²) < 4.78 is 0. The number of aryl methyl sites for hydroxylation is 1. The Labute approximate surface area is 108 Å². The smallest absolute Gasteiger partial charge is 0.172 e. The average Bonchev–Trinajstić information content (AvgIpc) is 3.03. The molecule has 0 amide bonds. The molecule has 0 spiro atoms. The monoisotopic (exact) mass is 247 g/mol. The number of oxime groups is 1. The van der Waals surface area contributed by atoms with Crippen molar-refractivity contribution in [2.45, 2.75) is 20.3 Å². The lowest BCUT2D eigenvalue weighted by Gasteiger charge is -2.22. The van der Waals surface area contributed by atoms with E-state index in [9.17, 15) is 0 Å².